The number of hydrogen-bond acceptors (Lipinski definition) is 4. The lowest BCUT2D eigenvalue weighted by Crippen LogP contribution is -2.11. The molecule has 0 aliphatic heterocycles. The van der Waals surface area contributed by atoms with Gasteiger partial charge in [-0.2, -0.15) is 0 Å². The lowest BCUT2D eigenvalue weighted by molar-refractivity contribution is 0.240. The zero-order chi connectivity index (χ0) is 10.6. The first kappa shape index (κ1) is 10.6. The Labute approximate surface area is 81.1 Å². The second kappa shape index (κ2) is 4.18. The van der Waals surface area contributed by atoms with Crippen LogP contribution in [0.4, 0.5) is 5.69 Å². The summed E-state index contributed by atoms with van der Waals surface area (Å²) in [5.74, 6) is 0. The van der Waals surface area contributed by atoms with E-state index in [-0.39, 0.29) is 4.90 Å². The highest BCUT2D eigenvalue weighted by Crippen LogP contribution is 2.15. The van der Waals surface area contributed by atoms with Crippen LogP contribution >= 0.6 is 0 Å². The normalized spacial score (nSPS) is 11.9. The van der Waals surface area contributed by atoms with Crippen molar-refractivity contribution in [2.75, 3.05) is 0 Å². The molecule has 7 heteroatoms. The maximum Gasteiger partial charge on any atom is 0.238 e. The summed E-state index contributed by atoms with van der Waals surface area (Å²) < 4.78 is 21.8. The van der Waals surface area contributed by atoms with Crippen LogP contribution in [0.25, 0.3) is 0 Å². The Morgan fingerprint density at radius 3 is 2.79 bits per heavy atom. The summed E-state index contributed by atoms with van der Waals surface area (Å²) in [6.07, 6.45) is 1.02. The molecule has 0 atom stereocenters. The molecule has 0 saturated carbocycles. The molecule has 0 radical (unpaired) electrons. The number of nitrogens with zero attached hydrogens (tertiary/aromatic N) is 1. The van der Waals surface area contributed by atoms with Gasteiger partial charge in [-0.25, -0.2) is 18.5 Å². The van der Waals surface area contributed by atoms with Gasteiger partial charge in [0.2, 0.25) is 10.0 Å². The second-order valence-electron chi connectivity index (χ2n) is 2.43. The maximum atomic E-state index is 10.9. The number of nitrogens with two attached hydrogens (primary N) is 1. The Morgan fingerprint density at radius 2 is 2.21 bits per heavy atom. The molecule has 0 aliphatic rings. The first-order chi connectivity index (χ1) is 6.54. The topological polar surface area (TPSA) is 105 Å². The van der Waals surface area contributed by atoms with E-state index in [9.17, 15) is 8.42 Å². The van der Waals surface area contributed by atoms with Gasteiger partial charge >= 0.3 is 0 Å². The van der Waals surface area contributed by atoms with Crippen molar-refractivity contribution in [2.24, 2.45) is 10.1 Å². The number of rotatable bonds is 3. The summed E-state index contributed by atoms with van der Waals surface area (Å²) in [6, 6.07) is 5.73. The Balaban J connectivity index is 3.08. The molecule has 14 heavy (non-hydrogen) atoms. The van der Waals surface area contributed by atoms with Crippen LogP contribution < -0.4 is 10.6 Å². The molecule has 1 aromatic rings. The smallest absolute Gasteiger partial charge is 0.238 e. The van der Waals surface area contributed by atoms with Crippen LogP contribution in [0.3, 0.4) is 0 Å². The molecule has 4 N–H and O–H groups in total. The van der Waals surface area contributed by atoms with Crippen molar-refractivity contribution in [1.29, 1.82) is 0 Å². The van der Waals surface area contributed by atoms with E-state index in [1.807, 2.05) is 0 Å². The fraction of sp³-hybridized carbons (Fsp3) is 0. The second-order valence-corrected chi connectivity index (χ2v) is 3.99. The average Bonchev–Trinajstić information content (AvgIpc) is 2.14. The van der Waals surface area contributed by atoms with Gasteiger partial charge in [0.15, 0.2) is 0 Å². The first-order valence-corrected chi connectivity index (χ1v) is 5.13. The predicted molar refractivity (Wildman–Crippen MR) is 50.9 cm³/mol. The standard InChI is InChI=1S/C7H9N3O3S/c8-14(12,13)7-3-1-2-6(4-7)9-5-10-11/h1-5,11H,(H,9,10)(H2,8,12,13). The van der Waals surface area contributed by atoms with Crippen molar-refractivity contribution in [2.45, 2.75) is 4.90 Å². The fourth-order valence-corrected chi connectivity index (χ4v) is 1.40. The summed E-state index contributed by atoms with van der Waals surface area (Å²) in [6.45, 7) is 0. The maximum absolute atomic E-state index is 10.9. The van der Waals surface area contributed by atoms with Gasteiger partial charge in [0, 0.05) is 0 Å². The predicted octanol–water partition coefficient (Wildman–Crippen LogP) is -0.0274. The molecule has 0 bridgehead atoms. The van der Waals surface area contributed by atoms with E-state index in [0.29, 0.717) is 5.69 Å². The van der Waals surface area contributed by atoms with E-state index in [1.54, 1.807) is 11.5 Å². The monoisotopic (exact) mass is 215 g/mol. The number of nitrogens with one attached hydrogen (secondary N) is 1. The van der Waals surface area contributed by atoms with E-state index < -0.39 is 10.0 Å². The van der Waals surface area contributed by atoms with Gasteiger partial charge in [-0.05, 0) is 18.2 Å². The summed E-state index contributed by atoms with van der Waals surface area (Å²) in [7, 11) is -3.71. The van der Waals surface area contributed by atoms with E-state index in [0.717, 1.165) is 6.34 Å². The van der Waals surface area contributed by atoms with Gasteiger partial charge in [-0.15, -0.1) is 0 Å². The first-order valence-electron chi connectivity index (χ1n) is 3.59. The molecule has 0 heterocycles. The van der Waals surface area contributed by atoms with Gasteiger partial charge in [0.25, 0.3) is 0 Å². The number of aliphatic imine (C=N–C) groups is 1. The average molecular weight is 215 g/mol. The van der Waals surface area contributed by atoms with Crippen LogP contribution in [-0.2, 0) is 10.0 Å². The van der Waals surface area contributed by atoms with Crippen molar-refractivity contribution >= 4 is 22.0 Å². The van der Waals surface area contributed by atoms with Crippen molar-refractivity contribution in [3.8, 4) is 0 Å². The zero-order valence-corrected chi connectivity index (χ0v) is 7.90. The molecule has 0 saturated heterocycles. The molecule has 0 aliphatic carbocycles. The Kier molecular flexibility index (Phi) is 3.18. The highest BCUT2D eigenvalue weighted by atomic mass is 32.2. The Morgan fingerprint density at radius 1 is 1.50 bits per heavy atom. The van der Waals surface area contributed by atoms with Gasteiger partial charge in [0.05, 0.1) is 10.6 Å². The summed E-state index contributed by atoms with van der Waals surface area (Å²) >= 11 is 0. The number of benzene rings is 1. The van der Waals surface area contributed by atoms with E-state index in [1.165, 1.54) is 18.2 Å². The van der Waals surface area contributed by atoms with Crippen LogP contribution in [0, 0.1) is 0 Å². The lowest BCUT2D eigenvalue weighted by atomic mass is 10.3. The molecule has 0 fully saturated rings. The highest BCUT2D eigenvalue weighted by molar-refractivity contribution is 7.89. The van der Waals surface area contributed by atoms with Crippen LogP contribution in [0.15, 0.2) is 34.2 Å². The molecule has 0 spiro atoms. The van der Waals surface area contributed by atoms with E-state index in [4.69, 9.17) is 10.3 Å². The third-order valence-corrected chi connectivity index (χ3v) is 2.33. The molecule has 0 unspecified atom stereocenters. The minimum atomic E-state index is -3.71. The van der Waals surface area contributed by atoms with Gasteiger partial charge in [0.1, 0.15) is 6.34 Å². The third-order valence-electron chi connectivity index (χ3n) is 1.42. The summed E-state index contributed by atoms with van der Waals surface area (Å²) in [4.78, 5) is 3.67. The molecule has 76 valence electrons. The minimum absolute atomic E-state index is 0.0231. The molecule has 0 aromatic heterocycles. The minimum Gasteiger partial charge on any atom is -0.290 e. The molecule has 6 nitrogen and oxygen atoms in total. The molecule has 0 amide bonds. The lowest BCUT2D eigenvalue weighted by Gasteiger charge is -1.98. The van der Waals surface area contributed by atoms with E-state index in [2.05, 4.69) is 4.99 Å². The van der Waals surface area contributed by atoms with Crippen LogP contribution in [-0.4, -0.2) is 20.0 Å². The van der Waals surface area contributed by atoms with Gasteiger partial charge < -0.3 is 0 Å². The molecule has 1 rings (SSSR count). The zero-order valence-electron chi connectivity index (χ0n) is 7.08. The van der Waals surface area contributed by atoms with E-state index >= 15 is 0 Å². The summed E-state index contributed by atoms with van der Waals surface area (Å²) in [5, 5.41) is 13.1. The molecule has 1 aromatic carbocycles. The third kappa shape index (κ3) is 2.80. The van der Waals surface area contributed by atoms with Crippen LogP contribution in [0.5, 0.6) is 0 Å². The van der Waals surface area contributed by atoms with Crippen molar-refractivity contribution in [1.82, 2.24) is 5.48 Å². The fourth-order valence-electron chi connectivity index (χ4n) is 0.844. The number of hydrogen-bond donors (Lipinski definition) is 3. The highest BCUT2D eigenvalue weighted by Gasteiger charge is 2.06. The number of hydroxylamine groups is 1. The Hall–Kier alpha value is -1.44. The van der Waals surface area contributed by atoms with Gasteiger partial charge in [-0.3, -0.25) is 10.7 Å². The quantitative estimate of drug-likeness (QED) is 0.374. The van der Waals surface area contributed by atoms with Crippen molar-refractivity contribution in [3.63, 3.8) is 0 Å². The van der Waals surface area contributed by atoms with Crippen molar-refractivity contribution in [3.05, 3.63) is 24.3 Å². The van der Waals surface area contributed by atoms with Crippen molar-refractivity contribution < 1.29 is 13.6 Å². The SMILES string of the molecule is NS(=O)(=O)c1cccc(N=CNO)c1. The number of primary sulfonamides is 1. The summed E-state index contributed by atoms with van der Waals surface area (Å²) in [5.41, 5.74) is 2.08. The number of sulfonamides is 1. The molecular formula is C7H9N3O3S. The molecular weight excluding hydrogens is 206 g/mol. The van der Waals surface area contributed by atoms with Gasteiger partial charge in [-0.1, -0.05) is 6.07 Å². The van der Waals surface area contributed by atoms with Crippen LogP contribution in [0.2, 0.25) is 0 Å². The Bertz CT molecular complexity index is 441. The van der Waals surface area contributed by atoms with Crippen LogP contribution in [0.1, 0.15) is 0 Å². The largest absolute Gasteiger partial charge is 0.290 e.